The average molecular weight is 496 g/mol. The second-order valence-electron chi connectivity index (χ2n) is 8.95. The number of fused-ring (bicyclic) bond motifs is 3. The van der Waals surface area contributed by atoms with Crippen LogP contribution >= 0.6 is 11.8 Å². The summed E-state index contributed by atoms with van der Waals surface area (Å²) in [5, 5.41) is 9.69. The van der Waals surface area contributed by atoms with Gasteiger partial charge in [-0.05, 0) is 36.1 Å². The lowest BCUT2D eigenvalue weighted by atomic mass is 10.1. The maximum absolute atomic E-state index is 13.6. The van der Waals surface area contributed by atoms with E-state index < -0.39 is 5.25 Å². The van der Waals surface area contributed by atoms with Crippen LogP contribution in [0.2, 0.25) is 0 Å². The number of carbonyl (C=O) groups is 1. The Hall–Kier alpha value is -3.91. The number of rotatable bonds is 6. The predicted octanol–water partition coefficient (Wildman–Crippen LogP) is 4.55. The van der Waals surface area contributed by atoms with E-state index in [-0.39, 0.29) is 11.5 Å². The Balaban J connectivity index is 1.50. The molecule has 0 N–H and O–H groups in total. The molecule has 1 fully saturated rings. The van der Waals surface area contributed by atoms with Crippen molar-refractivity contribution in [3.05, 3.63) is 106 Å². The van der Waals surface area contributed by atoms with Crippen molar-refractivity contribution in [2.45, 2.75) is 29.8 Å². The first-order valence-electron chi connectivity index (χ1n) is 12.1. The predicted molar refractivity (Wildman–Crippen MR) is 141 cm³/mol. The average Bonchev–Trinajstić information content (AvgIpc) is 3.61. The number of para-hydroxylation sites is 1. The largest absolute Gasteiger partial charge is 0.341 e. The minimum atomic E-state index is -0.454. The highest BCUT2D eigenvalue weighted by Gasteiger charge is 2.31. The van der Waals surface area contributed by atoms with E-state index in [0.717, 1.165) is 42.6 Å². The number of benzene rings is 3. The van der Waals surface area contributed by atoms with E-state index in [1.54, 1.807) is 4.57 Å². The van der Waals surface area contributed by atoms with Gasteiger partial charge in [0.1, 0.15) is 5.25 Å². The maximum atomic E-state index is 13.6. The van der Waals surface area contributed by atoms with Crippen molar-refractivity contribution in [1.29, 1.82) is 0 Å². The molecule has 2 aromatic heterocycles. The first-order valence-corrected chi connectivity index (χ1v) is 13.0. The molecule has 0 bridgehead atoms. The van der Waals surface area contributed by atoms with E-state index in [1.807, 2.05) is 94.2 Å². The van der Waals surface area contributed by atoms with Crippen LogP contribution in [0.25, 0.3) is 16.7 Å². The second-order valence-corrected chi connectivity index (χ2v) is 10.0. The number of aromatic nitrogens is 4. The summed E-state index contributed by atoms with van der Waals surface area (Å²) in [4.78, 5) is 29.1. The lowest BCUT2D eigenvalue weighted by Crippen LogP contribution is -2.31. The number of thioether (sulfide) groups is 1. The molecule has 3 aromatic carbocycles. The molecule has 1 aliphatic heterocycles. The summed E-state index contributed by atoms with van der Waals surface area (Å²) in [6.45, 7) is 1.94. The van der Waals surface area contributed by atoms with Crippen molar-refractivity contribution in [2.24, 2.45) is 0 Å². The molecular formula is C28H25N5O2S. The van der Waals surface area contributed by atoms with Crippen LogP contribution in [0.4, 0.5) is 0 Å². The normalized spacial score (nSPS) is 14.5. The number of carbonyl (C=O) groups excluding carboxylic acids is 1. The molecule has 1 unspecified atom stereocenters. The van der Waals surface area contributed by atoms with Crippen molar-refractivity contribution < 1.29 is 4.79 Å². The quantitative estimate of drug-likeness (QED) is 0.323. The van der Waals surface area contributed by atoms with E-state index >= 15 is 0 Å². The van der Waals surface area contributed by atoms with E-state index in [0.29, 0.717) is 22.9 Å². The number of hydrogen-bond acceptors (Lipinski definition) is 5. The fourth-order valence-electron chi connectivity index (χ4n) is 4.82. The van der Waals surface area contributed by atoms with Crippen molar-refractivity contribution >= 4 is 34.3 Å². The van der Waals surface area contributed by atoms with Crippen LogP contribution in [0.1, 0.15) is 29.2 Å². The molecule has 0 aliphatic carbocycles. The van der Waals surface area contributed by atoms with Gasteiger partial charge in [0, 0.05) is 13.1 Å². The Labute approximate surface area is 212 Å². The molecule has 1 atom stereocenters. The van der Waals surface area contributed by atoms with Crippen LogP contribution < -0.4 is 5.56 Å². The van der Waals surface area contributed by atoms with Gasteiger partial charge in [0.05, 0.1) is 17.4 Å². The van der Waals surface area contributed by atoms with Gasteiger partial charge < -0.3 is 4.90 Å². The van der Waals surface area contributed by atoms with Gasteiger partial charge in [-0.15, -0.1) is 10.2 Å². The fraction of sp³-hybridized carbons (Fsp3) is 0.214. The summed E-state index contributed by atoms with van der Waals surface area (Å²) in [6.07, 6.45) is 2.06. The van der Waals surface area contributed by atoms with E-state index in [2.05, 4.69) is 10.2 Å². The lowest BCUT2D eigenvalue weighted by Gasteiger charge is -2.22. The first-order chi connectivity index (χ1) is 17.7. The summed E-state index contributed by atoms with van der Waals surface area (Å²) in [7, 11) is 0. The molecule has 7 nitrogen and oxygen atoms in total. The molecule has 1 saturated heterocycles. The molecule has 180 valence electrons. The molecule has 5 aromatic rings. The van der Waals surface area contributed by atoms with Gasteiger partial charge in [-0.2, -0.15) is 0 Å². The van der Waals surface area contributed by atoms with E-state index in [4.69, 9.17) is 0 Å². The minimum absolute atomic E-state index is 0.0855. The van der Waals surface area contributed by atoms with Crippen LogP contribution in [-0.2, 0) is 11.3 Å². The van der Waals surface area contributed by atoms with Gasteiger partial charge in [0.2, 0.25) is 11.7 Å². The van der Waals surface area contributed by atoms with Gasteiger partial charge in [-0.1, -0.05) is 84.6 Å². The van der Waals surface area contributed by atoms with Crippen molar-refractivity contribution in [3.63, 3.8) is 0 Å². The first kappa shape index (κ1) is 22.5. The SMILES string of the molecule is O=C(C(Sc1nnc2n(Cc3ccccc3)c(=O)c3ccccc3n12)c1ccccc1)N1CCCC1. The molecule has 8 heteroatoms. The highest BCUT2D eigenvalue weighted by molar-refractivity contribution is 8.00. The number of nitrogens with zero attached hydrogens (tertiary/aromatic N) is 5. The van der Waals surface area contributed by atoms with Crippen LogP contribution in [0.15, 0.2) is 94.9 Å². The summed E-state index contributed by atoms with van der Waals surface area (Å²) >= 11 is 1.39. The van der Waals surface area contributed by atoms with Crippen molar-refractivity contribution in [3.8, 4) is 0 Å². The van der Waals surface area contributed by atoms with Crippen LogP contribution in [0.5, 0.6) is 0 Å². The number of likely N-dealkylation sites (tertiary alicyclic amines) is 1. The van der Waals surface area contributed by atoms with Crippen molar-refractivity contribution in [1.82, 2.24) is 24.1 Å². The minimum Gasteiger partial charge on any atom is -0.341 e. The van der Waals surface area contributed by atoms with Crippen molar-refractivity contribution in [2.75, 3.05) is 13.1 Å². The van der Waals surface area contributed by atoms with Crippen LogP contribution in [0, 0.1) is 0 Å². The molecule has 1 aliphatic rings. The molecule has 0 spiro atoms. The highest BCUT2D eigenvalue weighted by Crippen LogP contribution is 2.37. The van der Waals surface area contributed by atoms with Gasteiger partial charge in [-0.25, -0.2) is 0 Å². The smallest absolute Gasteiger partial charge is 0.263 e. The molecule has 0 radical (unpaired) electrons. The standard InChI is InChI=1S/C28H25N5O2S/c34-25-22-15-7-8-16-23(22)33-27(32(25)19-20-11-3-1-4-12-20)29-30-28(33)36-24(21-13-5-2-6-14-21)26(35)31-17-9-10-18-31/h1-8,11-16,24H,9-10,17-19H2. The topological polar surface area (TPSA) is 72.5 Å². The maximum Gasteiger partial charge on any atom is 0.263 e. The molecule has 3 heterocycles. The Morgan fingerprint density at radius 1 is 0.861 bits per heavy atom. The highest BCUT2D eigenvalue weighted by atomic mass is 32.2. The van der Waals surface area contributed by atoms with E-state index in [9.17, 15) is 9.59 Å². The molecule has 36 heavy (non-hydrogen) atoms. The van der Waals surface area contributed by atoms with Gasteiger partial charge in [-0.3, -0.25) is 18.6 Å². The number of hydrogen-bond donors (Lipinski definition) is 0. The molecule has 6 rings (SSSR count). The van der Waals surface area contributed by atoms with Gasteiger partial charge in [0.15, 0.2) is 5.16 Å². The third-order valence-corrected chi connectivity index (χ3v) is 7.81. The summed E-state index contributed by atoms with van der Waals surface area (Å²) in [5.41, 5.74) is 2.55. The Bertz CT molecular complexity index is 1590. The summed E-state index contributed by atoms with van der Waals surface area (Å²) < 4.78 is 3.58. The van der Waals surface area contributed by atoms with Gasteiger partial charge in [0.25, 0.3) is 5.56 Å². The third-order valence-electron chi connectivity index (χ3n) is 6.63. The zero-order chi connectivity index (χ0) is 24.5. The zero-order valence-electron chi connectivity index (χ0n) is 19.7. The third kappa shape index (κ3) is 4.07. The number of amides is 1. The van der Waals surface area contributed by atoms with E-state index in [1.165, 1.54) is 11.8 Å². The Kier molecular flexibility index (Phi) is 6.03. The molecule has 1 amide bonds. The summed E-state index contributed by atoms with van der Waals surface area (Å²) in [6, 6.07) is 27.2. The zero-order valence-corrected chi connectivity index (χ0v) is 20.5. The van der Waals surface area contributed by atoms with Crippen LogP contribution in [-0.4, -0.2) is 43.1 Å². The van der Waals surface area contributed by atoms with Crippen LogP contribution in [0.3, 0.4) is 0 Å². The Morgan fingerprint density at radius 3 is 2.28 bits per heavy atom. The van der Waals surface area contributed by atoms with Gasteiger partial charge >= 0.3 is 0 Å². The molecular weight excluding hydrogens is 470 g/mol. The molecule has 0 saturated carbocycles. The second kappa shape index (κ2) is 9.62. The Morgan fingerprint density at radius 2 is 1.53 bits per heavy atom. The lowest BCUT2D eigenvalue weighted by molar-refractivity contribution is -0.129. The summed E-state index contributed by atoms with van der Waals surface area (Å²) in [5.74, 6) is 0.549. The fourth-order valence-corrected chi connectivity index (χ4v) is 5.94. The monoisotopic (exact) mass is 495 g/mol.